The van der Waals surface area contributed by atoms with Gasteiger partial charge in [0.25, 0.3) is 0 Å². The molecule has 3 aliphatic rings. The van der Waals surface area contributed by atoms with E-state index < -0.39 is 0 Å². The topological polar surface area (TPSA) is 30.5 Å². The minimum Gasteiger partial charge on any atom is -0.378 e. The smallest absolute Gasteiger partial charge is 0.0939 e. The Morgan fingerprint density at radius 1 is 1.17 bits per heavy atom. The summed E-state index contributed by atoms with van der Waals surface area (Å²) in [6.07, 6.45) is 6.38. The van der Waals surface area contributed by atoms with E-state index in [0.717, 1.165) is 44.0 Å². The third-order valence-corrected chi connectivity index (χ3v) is 5.37. The van der Waals surface area contributed by atoms with Gasteiger partial charge in [0.05, 0.1) is 12.2 Å². The van der Waals surface area contributed by atoms with E-state index in [9.17, 15) is 0 Å². The van der Waals surface area contributed by atoms with Crippen LogP contribution in [0.25, 0.3) is 0 Å². The van der Waals surface area contributed by atoms with Crippen LogP contribution in [-0.4, -0.2) is 38.5 Å². The van der Waals surface area contributed by atoms with E-state index in [0.29, 0.717) is 6.04 Å². The Hall–Kier alpha value is -0.120. The van der Waals surface area contributed by atoms with Gasteiger partial charge in [0, 0.05) is 25.7 Å². The van der Waals surface area contributed by atoms with Crippen LogP contribution >= 0.6 is 0 Å². The zero-order valence-corrected chi connectivity index (χ0v) is 11.8. The minimum absolute atomic E-state index is 0.0568. The quantitative estimate of drug-likeness (QED) is 0.833. The highest BCUT2D eigenvalue weighted by molar-refractivity contribution is 4.96. The van der Waals surface area contributed by atoms with Crippen LogP contribution < -0.4 is 5.32 Å². The molecule has 3 nitrogen and oxygen atoms in total. The lowest BCUT2D eigenvalue weighted by atomic mass is 9.76. The average Bonchev–Trinajstić information content (AvgIpc) is 3.14. The van der Waals surface area contributed by atoms with Gasteiger partial charge in [-0.25, -0.2) is 0 Å². The maximum Gasteiger partial charge on any atom is 0.0939 e. The molecule has 3 fully saturated rings. The molecule has 0 bridgehead atoms. The molecule has 2 heterocycles. The fraction of sp³-hybridized carbons (Fsp3) is 1.00. The van der Waals surface area contributed by atoms with Gasteiger partial charge >= 0.3 is 0 Å². The van der Waals surface area contributed by atoms with Crippen LogP contribution in [0, 0.1) is 17.8 Å². The zero-order valence-electron chi connectivity index (χ0n) is 11.8. The van der Waals surface area contributed by atoms with E-state index in [2.05, 4.69) is 19.3 Å². The molecule has 3 rings (SSSR count). The number of ether oxygens (including phenoxy) is 2. The maximum absolute atomic E-state index is 6.05. The molecule has 1 aliphatic carbocycles. The van der Waals surface area contributed by atoms with Gasteiger partial charge in [-0.05, 0) is 50.5 Å². The molecule has 0 aromatic heterocycles. The number of hydrogen-bond acceptors (Lipinski definition) is 3. The predicted octanol–water partition coefficient (Wildman–Crippen LogP) is 2.21. The maximum atomic E-state index is 6.05. The second kappa shape index (κ2) is 5.10. The molecule has 4 atom stereocenters. The van der Waals surface area contributed by atoms with Crippen molar-refractivity contribution < 1.29 is 9.47 Å². The van der Waals surface area contributed by atoms with Gasteiger partial charge in [0.2, 0.25) is 0 Å². The Balaban J connectivity index is 1.66. The molecule has 1 spiro atoms. The normalized spacial score (nSPS) is 40.0. The van der Waals surface area contributed by atoms with E-state index in [1.54, 1.807) is 0 Å². The van der Waals surface area contributed by atoms with Gasteiger partial charge in [-0.3, -0.25) is 0 Å². The van der Waals surface area contributed by atoms with Crippen molar-refractivity contribution >= 4 is 0 Å². The van der Waals surface area contributed by atoms with E-state index in [1.165, 1.54) is 25.7 Å². The summed E-state index contributed by atoms with van der Waals surface area (Å²) >= 11 is 0. The van der Waals surface area contributed by atoms with Gasteiger partial charge in [-0.2, -0.15) is 0 Å². The van der Waals surface area contributed by atoms with Crippen LogP contribution in [-0.2, 0) is 9.47 Å². The average molecular weight is 253 g/mol. The van der Waals surface area contributed by atoms with Crippen molar-refractivity contribution in [3.05, 3.63) is 0 Å². The summed E-state index contributed by atoms with van der Waals surface area (Å²) < 4.78 is 11.6. The molecular formula is C15H27NO2. The summed E-state index contributed by atoms with van der Waals surface area (Å²) in [6, 6.07) is 0.666. The number of hydrogen-bond donors (Lipinski definition) is 1. The van der Waals surface area contributed by atoms with Crippen LogP contribution in [0.3, 0.4) is 0 Å². The Bertz CT molecular complexity index is 284. The van der Waals surface area contributed by atoms with Crippen molar-refractivity contribution in [2.75, 3.05) is 26.9 Å². The summed E-state index contributed by atoms with van der Waals surface area (Å²) in [5, 5.41) is 3.60. The lowest BCUT2D eigenvalue weighted by Gasteiger charge is -2.42. The van der Waals surface area contributed by atoms with Crippen LogP contribution in [0.2, 0.25) is 0 Å². The lowest BCUT2D eigenvalue weighted by molar-refractivity contribution is -0.105. The van der Waals surface area contributed by atoms with Gasteiger partial charge in [-0.15, -0.1) is 0 Å². The van der Waals surface area contributed by atoms with Gasteiger partial charge in [0.1, 0.15) is 0 Å². The van der Waals surface area contributed by atoms with E-state index >= 15 is 0 Å². The highest BCUT2D eigenvalue weighted by Crippen LogP contribution is 2.44. The first kappa shape index (κ1) is 12.9. The molecular weight excluding hydrogens is 226 g/mol. The fourth-order valence-electron chi connectivity index (χ4n) is 4.08. The van der Waals surface area contributed by atoms with Crippen molar-refractivity contribution in [3.8, 4) is 0 Å². The molecule has 18 heavy (non-hydrogen) atoms. The largest absolute Gasteiger partial charge is 0.378 e. The molecule has 2 aliphatic heterocycles. The Morgan fingerprint density at radius 3 is 2.61 bits per heavy atom. The zero-order chi connectivity index (χ0) is 12.6. The Morgan fingerprint density at radius 2 is 2.00 bits per heavy atom. The molecule has 0 aromatic carbocycles. The highest BCUT2D eigenvalue weighted by atomic mass is 16.6. The van der Waals surface area contributed by atoms with Crippen molar-refractivity contribution in [2.24, 2.45) is 17.8 Å². The highest BCUT2D eigenvalue weighted by Gasteiger charge is 2.45. The summed E-state index contributed by atoms with van der Waals surface area (Å²) in [5.74, 6) is 2.56. The van der Waals surface area contributed by atoms with Gasteiger partial charge in [-0.1, -0.05) is 6.92 Å². The summed E-state index contributed by atoms with van der Waals surface area (Å²) in [6.45, 7) is 5.06. The van der Waals surface area contributed by atoms with Gasteiger partial charge in [0.15, 0.2) is 0 Å². The second-order valence-electron chi connectivity index (χ2n) is 6.60. The van der Waals surface area contributed by atoms with Gasteiger partial charge < -0.3 is 14.8 Å². The third-order valence-electron chi connectivity index (χ3n) is 5.37. The van der Waals surface area contributed by atoms with Crippen LogP contribution in [0.15, 0.2) is 0 Å². The molecule has 3 heteroatoms. The predicted molar refractivity (Wildman–Crippen MR) is 71.6 cm³/mol. The molecule has 2 saturated heterocycles. The number of rotatable bonds is 4. The Labute approximate surface area is 111 Å². The van der Waals surface area contributed by atoms with Crippen molar-refractivity contribution in [1.29, 1.82) is 0 Å². The van der Waals surface area contributed by atoms with Crippen LogP contribution in [0.4, 0.5) is 0 Å². The first-order valence-corrected chi connectivity index (χ1v) is 7.63. The first-order valence-electron chi connectivity index (χ1n) is 7.63. The van der Waals surface area contributed by atoms with E-state index in [4.69, 9.17) is 9.47 Å². The molecule has 0 aromatic rings. The molecule has 104 valence electrons. The van der Waals surface area contributed by atoms with Crippen molar-refractivity contribution in [2.45, 2.75) is 50.7 Å². The van der Waals surface area contributed by atoms with Crippen molar-refractivity contribution in [3.63, 3.8) is 0 Å². The second-order valence-corrected chi connectivity index (χ2v) is 6.60. The first-order chi connectivity index (χ1) is 8.74. The molecule has 1 saturated carbocycles. The van der Waals surface area contributed by atoms with Crippen molar-refractivity contribution in [1.82, 2.24) is 5.32 Å². The molecule has 4 unspecified atom stereocenters. The minimum atomic E-state index is 0.0568. The summed E-state index contributed by atoms with van der Waals surface area (Å²) in [4.78, 5) is 0. The van der Waals surface area contributed by atoms with E-state index in [1.807, 2.05) is 0 Å². The SMILES string of the molecule is CNC(C1CCOC2(CCOC2)C1)C(C)C1CC1. The fourth-order valence-corrected chi connectivity index (χ4v) is 4.08. The molecule has 1 N–H and O–H groups in total. The lowest BCUT2D eigenvalue weighted by Crippen LogP contribution is -2.49. The number of nitrogens with one attached hydrogen (secondary N) is 1. The Kier molecular flexibility index (Phi) is 3.65. The van der Waals surface area contributed by atoms with Crippen LogP contribution in [0.5, 0.6) is 0 Å². The third kappa shape index (κ3) is 2.45. The monoisotopic (exact) mass is 253 g/mol. The van der Waals surface area contributed by atoms with Crippen LogP contribution in [0.1, 0.15) is 39.0 Å². The molecule has 0 amide bonds. The summed E-state index contributed by atoms with van der Waals surface area (Å²) in [7, 11) is 2.14. The molecule has 0 radical (unpaired) electrons. The van der Waals surface area contributed by atoms with E-state index in [-0.39, 0.29) is 5.60 Å². The summed E-state index contributed by atoms with van der Waals surface area (Å²) in [5.41, 5.74) is 0.0568. The standard InChI is InChI=1S/C15H27NO2/c1-11(12-3-4-12)14(16-2)13-5-7-18-15(9-13)6-8-17-10-15/h11-14,16H,3-10H2,1-2H3.